The highest BCUT2D eigenvalue weighted by atomic mass is 32.2. The Balaban J connectivity index is 1.66. The normalized spacial score (nSPS) is 18.4. The summed E-state index contributed by atoms with van der Waals surface area (Å²) in [7, 11) is -1.20. The molecule has 1 fully saturated rings. The maximum absolute atomic E-state index is 11.5. The van der Waals surface area contributed by atoms with E-state index >= 15 is 0 Å². The second-order valence-corrected chi connectivity index (χ2v) is 8.82. The number of hydrogen-bond acceptors (Lipinski definition) is 5. The van der Waals surface area contributed by atoms with E-state index in [0.29, 0.717) is 10.8 Å². The first kappa shape index (κ1) is 17.9. The summed E-state index contributed by atoms with van der Waals surface area (Å²) in [4.78, 5) is 7.49. The van der Waals surface area contributed by atoms with Crippen molar-refractivity contribution >= 4 is 15.5 Å². The quantitative estimate of drug-likeness (QED) is 0.889. The van der Waals surface area contributed by atoms with Crippen molar-refractivity contribution in [3.8, 4) is 0 Å². The third kappa shape index (κ3) is 4.38. The zero-order valence-electron chi connectivity index (χ0n) is 15.0. The molecule has 1 N–H and O–H groups in total. The van der Waals surface area contributed by atoms with Gasteiger partial charge < -0.3 is 5.32 Å². The summed E-state index contributed by atoms with van der Waals surface area (Å²) in [5.41, 5.74) is 4.44. The smallest absolute Gasteiger partial charge is 0.175 e. The van der Waals surface area contributed by atoms with Crippen LogP contribution in [0.2, 0.25) is 0 Å². The molecule has 1 aromatic heterocycles. The number of sulfone groups is 1. The van der Waals surface area contributed by atoms with Crippen LogP contribution in [0.5, 0.6) is 0 Å². The van der Waals surface area contributed by atoms with E-state index in [9.17, 15) is 8.42 Å². The van der Waals surface area contributed by atoms with Gasteiger partial charge in [0.15, 0.2) is 9.84 Å². The number of nitrogens with one attached hydrogen (secondary N) is 1. The molecule has 0 spiro atoms. The minimum absolute atomic E-state index is 0.374. The van der Waals surface area contributed by atoms with Crippen molar-refractivity contribution in [2.45, 2.75) is 30.7 Å². The van der Waals surface area contributed by atoms with Crippen molar-refractivity contribution in [1.29, 1.82) is 0 Å². The molecule has 0 amide bonds. The highest BCUT2D eigenvalue weighted by Gasteiger charge is 2.25. The maximum atomic E-state index is 11.5. The molecule has 0 saturated carbocycles. The molecule has 1 aromatic carbocycles. The Labute approximate surface area is 150 Å². The van der Waals surface area contributed by atoms with Gasteiger partial charge in [-0.3, -0.25) is 9.88 Å². The first-order valence-corrected chi connectivity index (χ1v) is 10.4. The fourth-order valence-corrected chi connectivity index (χ4v) is 4.00. The Kier molecular flexibility index (Phi) is 5.11. The number of nitrogens with zero attached hydrogens (tertiary/aromatic N) is 2. The van der Waals surface area contributed by atoms with E-state index in [1.165, 1.54) is 6.26 Å². The van der Waals surface area contributed by atoms with Crippen molar-refractivity contribution in [3.05, 3.63) is 53.3 Å². The van der Waals surface area contributed by atoms with Crippen LogP contribution in [-0.2, 0) is 16.4 Å². The van der Waals surface area contributed by atoms with E-state index in [1.54, 1.807) is 12.1 Å². The van der Waals surface area contributed by atoms with Crippen LogP contribution >= 0.6 is 0 Å². The average Bonchev–Trinajstić information content (AvgIpc) is 3.02. The third-order valence-electron chi connectivity index (χ3n) is 4.71. The molecule has 0 radical (unpaired) electrons. The molecule has 2 aromatic rings. The number of anilines is 1. The van der Waals surface area contributed by atoms with Gasteiger partial charge in [-0.2, -0.15) is 0 Å². The highest BCUT2D eigenvalue weighted by molar-refractivity contribution is 7.90. The fraction of sp³-hybridized carbons (Fsp3) is 0.421. The Hall–Kier alpha value is -1.92. The standard InChI is InChI=1S/C19H25N3O2S/c1-14-10-17(20-2)11-19(21-14)16-8-9-22(13-16)12-15-4-6-18(7-5-15)25(3,23)24/h4-7,10-11,16H,8-9,12-13H2,1-3H3,(H,20,21)/t16-/m1/s1. The van der Waals surface area contributed by atoms with Crippen LogP contribution in [0.15, 0.2) is 41.3 Å². The lowest BCUT2D eigenvalue weighted by Crippen LogP contribution is -2.20. The van der Waals surface area contributed by atoms with Gasteiger partial charge in [0, 0.05) is 49.4 Å². The van der Waals surface area contributed by atoms with Gasteiger partial charge in [-0.1, -0.05) is 12.1 Å². The molecule has 2 heterocycles. The number of aryl methyl sites for hydroxylation is 1. The van der Waals surface area contributed by atoms with E-state index in [4.69, 9.17) is 4.98 Å². The monoisotopic (exact) mass is 359 g/mol. The fourth-order valence-electron chi connectivity index (χ4n) is 3.37. The van der Waals surface area contributed by atoms with Gasteiger partial charge in [0.2, 0.25) is 0 Å². The molecule has 1 aliphatic rings. The molecule has 0 aliphatic carbocycles. The van der Waals surface area contributed by atoms with Crippen LogP contribution in [0.3, 0.4) is 0 Å². The summed E-state index contributed by atoms with van der Waals surface area (Å²) in [6, 6.07) is 11.4. The third-order valence-corrected chi connectivity index (χ3v) is 5.84. The molecule has 1 aliphatic heterocycles. The van der Waals surface area contributed by atoms with Crippen molar-refractivity contribution in [1.82, 2.24) is 9.88 Å². The first-order chi connectivity index (χ1) is 11.8. The zero-order valence-corrected chi connectivity index (χ0v) is 15.8. The van der Waals surface area contributed by atoms with Gasteiger partial charge in [-0.05, 0) is 49.7 Å². The minimum Gasteiger partial charge on any atom is -0.388 e. The molecule has 5 nitrogen and oxygen atoms in total. The summed E-state index contributed by atoms with van der Waals surface area (Å²) >= 11 is 0. The Morgan fingerprint density at radius 2 is 1.96 bits per heavy atom. The van der Waals surface area contributed by atoms with Crippen LogP contribution in [0.25, 0.3) is 0 Å². The van der Waals surface area contributed by atoms with Gasteiger partial charge in [-0.15, -0.1) is 0 Å². The molecule has 134 valence electrons. The van der Waals surface area contributed by atoms with E-state index in [1.807, 2.05) is 26.1 Å². The van der Waals surface area contributed by atoms with E-state index in [-0.39, 0.29) is 0 Å². The number of aromatic nitrogens is 1. The van der Waals surface area contributed by atoms with Gasteiger partial charge in [0.05, 0.1) is 4.90 Å². The van der Waals surface area contributed by atoms with Gasteiger partial charge in [0.1, 0.15) is 0 Å². The second-order valence-electron chi connectivity index (χ2n) is 6.81. The average molecular weight is 359 g/mol. The van der Waals surface area contributed by atoms with Crippen molar-refractivity contribution in [3.63, 3.8) is 0 Å². The van der Waals surface area contributed by atoms with E-state index in [2.05, 4.69) is 22.3 Å². The molecule has 0 unspecified atom stereocenters. The van der Waals surface area contributed by atoms with Gasteiger partial charge in [0.25, 0.3) is 0 Å². The Morgan fingerprint density at radius 1 is 1.24 bits per heavy atom. The molecule has 6 heteroatoms. The second kappa shape index (κ2) is 7.14. The van der Waals surface area contributed by atoms with Crippen molar-refractivity contribution in [2.24, 2.45) is 0 Å². The summed E-state index contributed by atoms with van der Waals surface area (Å²) < 4.78 is 23.1. The Morgan fingerprint density at radius 3 is 2.60 bits per heavy atom. The van der Waals surface area contributed by atoms with Crippen LogP contribution in [0, 0.1) is 6.92 Å². The van der Waals surface area contributed by atoms with E-state index < -0.39 is 9.84 Å². The summed E-state index contributed by atoms with van der Waals surface area (Å²) in [6.45, 7) is 4.88. The summed E-state index contributed by atoms with van der Waals surface area (Å²) in [6.07, 6.45) is 2.34. The van der Waals surface area contributed by atoms with Crippen molar-refractivity contribution in [2.75, 3.05) is 31.7 Å². The van der Waals surface area contributed by atoms with Crippen LogP contribution in [-0.4, -0.2) is 44.7 Å². The van der Waals surface area contributed by atoms with Crippen LogP contribution in [0.1, 0.15) is 29.3 Å². The van der Waals surface area contributed by atoms with Crippen LogP contribution < -0.4 is 5.32 Å². The number of rotatable bonds is 5. The van der Waals surface area contributed by atoms with E-state index in [0.717, 1.165) is 48.7 Å². The zero-order chi connectivity index (χ0) is 18.0. The largest absolute Gasteiger partial charge is 0.388 e. The molecular formula is C19H25N3O2S. The molecule has 1 saturated heterocycles. The lowest BCUT2D eigenvalue weighted by atomic mass is 10.0. The predicted molar refractivity (Wildman–Crippen MR) is 101 cm³/mol. The molecular weight excluding hydrogens is 334 g/mol. The number of pyridine rings is 1. The van der Waals surface area contributed by atoms with Gasteiger partial charge >= 0.3 is 0 Å². The lowest BCUT2D eigenvalue weighted by Gasteiger charge is -2.17. The highest BCUT2D eigenvalue weighted by Crippen LogP contribution is 2.29. The number of hydrogen-bond donors (Lipinski definition) is 1. The number of likely N-dealkylation sites (tertiary alicyclic amines) is 1. The summed E-state index contributed by atoms with van der Waals surface area (Å²) in [5.74, 6) is 0.447. The molecule has 0 bridgehead atoms. The number of benzene rings is 1. The van der Waals surface area contributed by atoms with Crippen molar-refractivity contribution < 1.29 is 8.42 Å². The SMILES string of the molecule is CNc1cc(C)nc([C@@H]2CCN(Cc3ccc(S(C)(=O)=O)cc3)C2)c1. The maximum Gasteiger partial charge on any atom is 0.175 e. The topological polar surface area (TPSA) is 62.3 Å². The lowest BCUT2D eigenvalue weighted by molar-refractivity contribution is 0.326. The minimum atomic E-state index is -3.13. The molecule has 3 rings (SSSR count). The van der Waals surface area contributed by atoms with Crippen LogP contribution in [0.4, 0.5) is 5.69 Å². The predicted octanol–water partition coefficient (Wildman–Crippen LogP) is 2.82. The molecule has 1 atom stereocenters. The summed E-state index contributed by atoms with van der Waals surface area (Å²) in [5, 5.41) is 3.20. The Bertz CT molecular complexity index is 847. The molecule has 25 heavy (non-hydrogen) atoms. The first-order valence-electron chi connectivity index (χ1n) is 8.53. The van der Waals surface area contributed by atoms with Gasteiger partial charge in [-0.25, -0.2) is 8.42 Å².